The molecule has 1 heterocycles. The molecule has 3 rings (SSSR count). The summed E-state index contributed by atoms with van der Waals surface area (Å²) in [6.45, 7) is 2.32. The van der Waals surface area contributed by atoms with Crippen molar-refractivity contribution in [2.45, 2.75) is 38.3 Å². The third-order valence-corrected chi connectivity index (χ3v) is 4.07. The van der Waals surface area contributed by atoms with E-state index in [9.17, 15) is 9.59 Å². The smallest absolute Gasteiger partial charge is 0.315 e. The molecule has 3 amide bonds. The molecule has 106 valence electrons. The normalized spacial score (nSPS) is 21.9. The topological polar surface area (TPSA) is 70.2 Å². The van der Waals surface area contributed by atoms with Crippen molar-refractivity contribution in [3.63, 3.8) is 0 Å². The summed E-state index contributed by atoms with van der Waals surface area (Å²) >= 11 is 0. The number of nitrogens with one attached hydrogen (secondary N) is 3. The van der Waals surface area contributed by atoms with Crippen molar-refractivity contribution < 1.29 is 9.59 Å². The van der Waals surface area contributed by atoms with Crippen LogP contribution in [-0.4, -0.2) is 24.5 Å². The summed E-state index contributed by atoms with van der Waals surface area (Å²) < 4.78 is 0. The van der Waals surface area contributed by atoms with E-state index in [4.69, 9.17) is 0 Å². The van der Waals surface area contributed by atoms with Gasteiger partial charge in [-0.25, -0.2) is 4.79 Å². The molecule has 1 aromatic carbocycles. The summed E-state index contributed by atoms with van der Waals surface area (Å²) in [6.07, 6.45) is 3.52. The first-order valence-electron chi connectivity index (χ1n) is 7.10. The highest BCUT2D eigenvalue weighted by molar-refractivity contribution is 5.90. The van der Waals surface area contributed by atoms with Crippen LogP contribution in [0.15, 0.2) is 18.2 Å². The molecule has 0 spiro atoms. The van der Waals surface area contributed by atoms with Gasteiger partial charge in [-0.1, -0.05) is 18.2 Å². The highest BCUT2D eigenvalue weighted by atomic mass is 16.2. The molecule has 2 atom stereocenters. The van der Waals surface area contributed by atoms with Crippen LogP contribution in [0, 0.1) is 0 Å². The quantitative estimate of drug-likeness (QED) is 0.770. The Balaban J connectivity index is 1.65. The Morgan fingerprint density at radius 2 is 2.15 bits per heavy atom. The monoisotopic (exact) mass is 273 g/mol. The summed E-state index contributed by atoms with van der Waals surface area (Å²) in [5, 5.41) is 8.13. The van der Waals surface area contributed by atoms with Crippen molar-refractivity contribution >= 4 is 11.9 Å². The fourth-order valence-electron chi connectivity index (χ4n) is 2.87. The standard InChI is InChI=1S/C15H19N3O2/c1-9(17-14(19)13-8-16-15(20)18-13)11-6-5-10-3-2-4-12(10)7-11/h5-7,9,13H,2-4,8H2,1H3,(H,17,19)(H2,16,18,20). The van der Waals surface area contributed by atoms with E-state index in [1.165, 1.54) is 17.5 Å². The Hall–Kier alpha value is -2.04. The maximum atomic E-state index is 12.0. The number of urea groups is 1. The van der Waals surface area contributed by atoms with Crippen molar-refractivity contribution in [3.8, 4) is 0 Å². The van der Waals surface area contributed by atoms with Gasteiger partial charge < -0.3 is 16.0 Å². The number of hydrogen-bond acceptors (Lipinski definition) is 2. The average molecular weight is 273 g/mol. The Kier molecular flexibility index (Phi) is 3.34. The highest BCUT2D eigenvalue weighted by Crippen LogP contribution is 2.25. The van der Waals surface area contributed by atoms with Crippen molar-refractivity contribution in [3.05, 3.63) is 34.9 Å². The van der Waals surface area contributed by atoms with Crippen LogP contribution in [0.1, 0.15) is 36.1 Å². The third kappa shape index (κ3) is 2.48. The van der Waals surface area contributed by atoms with Gasteiger partial charge in [-0.2, -0.15) is 0 Å². The summed E-state index contributed by atoms with van der Waals surface area (Å²) in [4.78, 5) is 23.1. The first-order valence-corrected chi connectivity index (χ1v) is 7.10. The van der Waals surface area contributed by atoms with E-state index in [1.54, 1.807) is 0 Å². The molecular weight excluding hydrogens is 254 g/mol. The Bertz CT molecular complexity index is 556. The first-order chi connectivity index (χ1) is 9.63. The van der Waals surface area contributed by atoms with Crippen LogP contribution in [0.3, 0.4) is 0 Å². The number of carbonyl (C=O) groups excluding carboxylic acids is 2. The van der Waals surface area contributed by atoms with Crippen LogP contribution in [0.25, 0.3) is 0 Å². The lowest BCUT2D eigenvalue weighted by Gasteiger charge is -2.18. The predicted octanol–water partition coefficient (Wildman–Crippen LogP) is 1.03. The lowest BCUT2D eigenvalue weighted by Crippen LogP contribution is -2.43. The Morgan fingerprint density at radius 3 is 2.90 bits per heavy atom. The first kappa shape index (κ1) is 13.0. The molecule has 1 aliphatic carbocycles. The number of hydrogen-bond donors (Lipinski definition) is 3. The Morgan fingerprint density at radius 1 is 1.35 bits per heavy atom. The summed E-state index contributed by atoms with van der Waals surface area (Å²) in [6, 6.07) is 5.64. The maximum Gasteiger partial charge on any atom is 0.315 e. The van der Waals surface area contributed by atoms with E-state index < -0.39 is 6.04 Å². The van der Waals surface area contributed by atoms with E-state index in [2.05, 4.69) is 34.1 Å². The van der Waals surface area contributed by atoms with Crippen molar-refractivity contribution in [1.29, 1.82) is 0 Å². The largest absolute Gasteiger partial charge is 0.348 e. The molecule has 0 bridgehead atoms. The molecule has 0 radical (unpaired) electrons. The van der Waals surface area contributed by atoms with E-state index in [0.29, 0.717) is 6.54 Å². The molecule has 1 fully saturated rings. The van der Waals surface area contributed by atoms with Gasteiger partial charge in [0, 0.05) is 6.54 Å². The van der Waals surface area contributed by atoms with Gasteiger partial charge in [-0.05, 0) is 42.9 Å². The van der Waals surface area contributed by atoms with E-state index in [-0.39, 0.29) is 18.0 Å². The van der Waals surface area contributed by atoms with Crippen LogP contribution in [-0.2, 0) is 17.6 Å². The molecule has 0 saturated carbocycles. The highest BCUT2D eigenvalue weighted by Gasteiger charge is 2.27. The fourth-order valence-corrected chi connectivity index (χ4v) is 2.87. The van der Waals surface area contributed by atoms with Gasteiger partial charge in [0.25, 0.3) is 0 Å². The van der Waals surface area contributed by atoms with Crippen LogP contribution >= 0.6 is 0 Å². The molecule has 1 aliphatic heterocycles. The molecular formula is C15H19N3O2. The molecule has 1 aromatic rings. The zero-order chi connectivity index (χ0) is 14.1. The van der Waals surface area contributed by atoms with Crippen LogP contribution in [0.5, 0.6) is 0 Å². The molecule has 20 heavy (non-hydrogen) atoms. The predicted molar refractivity (Wildman–Crippen MR) is 75.3 cm³/mol. The third-order valence-electron chi connectivity index (χ3n) is 4.07. The number of benzene rings is 1. The second-order valence-corrected chi connectivity index (χ2v) is 5.52. The van der Waals surface area contributed by atoms with E-state index in [1.807, 2.05) is 6.92 Å². The van der Waals surface area contributed by atoms with Gasteiger partial charge in [0.15, 0.2) is 0 Å². The second kappa shape index (κ2) is 5.15. The van der Waals surface area contributed by atoms with Crippen LogP contribution < -0.4 is 16.0 Å². The van der Waals surface area contributed by atoms with Crippen molar-refractivity contribution in [1.82, 2.24) is 16.0 Å². The number of aryl methyl sites for hydroxylation is 2. The lowest BCUT2D eigenvalue weighted by atomic mass is 10.0. The van der Waals surface area contributed by atoms with Crippen LogP contribution in [0.4, 0.5) is 4.79 Å². The maximum absolute atomic E-state index is 12.0. The molecule has 2 aliphatic rings. The number of carbonyl (C=O) groups is 2. The molecule has 2 unspecified atom stereocenters. The summed E-state index contributed by atoms with van der Waals surface area (Å²) in [5.74, 6) is -0.142. The van der Waals surface area contributed by atoms with Crippen molar-refractivity contribution in [2.24, 2.45) is 0 Å². The van der Waals surface area contributed by atoms with Gasteiger partial charge in [0.2, 0.25) is 5.91 Å². The minimum atomic E-state index is -0.473. The van der Waals surface area contributed by atoms with Crippen LogP contribution in [0.2, 0.25) is 0 Å². The SMILES string of the molecule is CC(NC(=O)C1CNC(=O)N1)c1ccc2c(c1)CCC2. The zero-order valence-corrected chi connectivity index (χ0v) is 11.5. The lowest BCUT2D eigenvalue weighted by molar-refractivity contribution is -0.123. The van der Waals surface area contributed by atoms with Gasteiger partial charge in [0.05, 0.1) is 6.04 Å². The summed E-state index contributed by atoms with van der Waals surface area (Å²) in [5.41, 5.74) is 3.95. The fraction of sp³-hybridized carbons (Fsp3) is 0.467. The van der Waals surface area contributed by atoms with Crippen molar-refractivity contribution in [2.75, 3.05) is 6.54 Å². The molecule has 5 heteroatoms. The molecule has 0 aromatic heterocycles. The van der Waals surface area contributed by atoms with Gasteiger partial charge >= 0.3 is 6.03 Å². The minimum Gasteiger partial charge on any atom is -0.348 e. The molecule has 5 nitrogen and oxygen atoms in total. The summed E-state index contributed by atoms with van der Waals surface area (Å²) in [7, 11) is 0. The second-order valence-electron chi connectivity index (χ2n) is 5.52. The van der Waals surface area contributed by atoms with E-state index in [0.717, 1.165) is 18.4 Å². The molecule has 1 saturated heterocycles. The van der Waals surface area contributed by atoms with E-state index >= 15 is 0 Å². The van der Waals surface area contributed by atoms with Gasteiger partial charge in [-0.15, -0.1) is 0 Å². The van der Waals surface area contributed by atoms with Gasteiger partial charge in [-0.3, -0.25) is 4.79 Å². The zero-order valence-electron chi connectivity index (χ0n) is 11.5. The number of amides is 3. The Labute approximate surface area is 118 Å². The number of rotatable bonds is 3. The number of fused-ring (bicyclic) bond motifs is 1. The average Bonchev–Trinajstić information content (AvgIpc) is 3.05. The molecule has 3 N–H and O–H groups in total. The minimum absolute atomic E-state index is 0.0501. The van der Waals surface area contributed by atoms with Gasteiger partial charge in [0.1, 0.15) is 6.04 Å².